The van der Waals surface area contributed by atoms with Gasteiger partial charge < -0.3 is 15.8 Å². The number of carbonyl (C=O) groups is 3. The molecule has 0 fully saturated rings. The Labute approximate surface area is 134 Å². The van der Waals surface area contributed by atoms with Gasteiger partial charge in [0, 0.05) is 10.6 Å². The van der Waals surface area contributed by atoms with Gasteiger partial charge in [0.2, 0.25) is 0 Å². The zero-order chi connectivity index (χ0) is 16.7. The lowest BCUT2D eigenvalue weighted by molar-refractivity contribution is -0.146. The lowest BCUT2D eigenvalue weighted by atomic mass is 9.99. The van der Waals surface area contributed by atoms with E-state index < -0.39 is 24.6 Å². The van der Waals surface area contributed by atoms with Crippen LogP contribution in [0.5, 0.6) is 0 Å². The Bertz CT molecular complexity index is 545. The van der Waals surface area contributed by atoms with Crippen LogP contribution in [0.3, 0.4) is 0 Å². The number of amides is 2. The number of carbonyl (C=O) groups excluding carboxylic acids is 3. The van der Waals surface area contributed by atoms with Crippen molar-refractivity contribution < 1.29 is 19.1 Å². The quantitative estimate of drug-likeness (QED) is 0.592. The van der Waals surface area contributed by atoms with Gasteiger partial charge in [-0.3, -0.25) is 4.79 Å². The summed E-state index contributed by atoms with van der Waals surface area (Å²) in [7, 11) is 0. The summed E-state index contributed by atoms with van der Waals surface area (Å²) in [6.07, 6.45) is 0.644. The number of nitrogens with two attached hydrogens (primary N) is 1. The van der Waals surface area contributed by atoms with Crippen LogP contribution in [0.2, 0.25) is 5.02 Å². The predicted octanol–water partition coefficient (Wildman–Crippen LogP) is 2.15. The molecule has 0 bridgehead atoms. The molecule has 0 aromatic heterocycles. The number of rotatable bonds is 7. The molecule has 0 spiro atoms. The molecule has 6 nitrogen and oxygen atoms in total. The Hall–Kier alpha value is -2.08. The average molecular weight is 327 g/mol. The minimum absolute atomic E-state index is 0.161. The third kappa shape index (κ3) is 5.37. The van der Waals surface area contributed by atoms with Gasteiger partial charge in [0.15, 0.2) is 12.4 Å². The molecule has 0 aliphatic heterocycles. The minimum Gasteiger partial charge on any atom is -0.456 e. The van der Waals surface area contributed by atoms with Gasteiger partial charge in [-0.1, -0.05) is 31.9 Å². The monoisotopic (exact) mass is 326 g/mol. The van der Waals surface area contributed by atoms with E-state index in [0.29, 0.717) is 17.0 Å². The number of benzene rings is 1. The molecular weight excluding hydrogens is 308 g/mol. The number of Topliss-reactive ketones (excluding diaryl/α,β-unsaturated/α-hetero) is 1. The number of hydrogen-bond acceptors (Lipinski definition) is 4. The molecule has 2 unspecified atom stereocenters. The molecule has 0 aliphatic carbocycles. The molecule has 3 N–H and O–H groups in total. The molecular formula is C15H19ClN2O4. The Morgan fingerprint density at radius 2 is 1.86 bits per heavy atom. The molecule has 1 rings (SSSR count). The fourth-order valence-corrected chi connectivity index (χ4v) is 1.89. The number of nitrogens with one attached hydrogen (secondary N) is 1. The first kappa shape index (κ1) is 18.0. The summed E-state index contributed by atoms with van der Waals surface area (Å²) in [5, 5.41) is 2.85. The molecule has 1 aromatic rings. The summed E-state index contributed by atoms with van der Waals surface area (Å²) in [5.74, 6) is -1.20. The first-order valence-corrected chi connectivity index (χ1v) is 7.24. The predicted molar refractivity (Wildman–Crippen MR) is 82.7 cm³/mol. The normalized spacial score (nSPS) is 13.0. The number of primary amides is 1. The van der Waals surface area contributed by atoms with E-state index in [-0.39, 0.29) is 11.7 Å². The van der Waals surface area contributed by atoms with Gasteiger partial charge >= 0.3 is 12.0 Å². The topological polar surface area (TPSA) is 98.5 Å². The number of ketones is 1. The van der Waals surface area contributed by atoms with Crippen molar-refractivity contribution in [2.45, 2.75) is 26.3 Å². The highest BCUT2D eigenvalue weighted by Crippen LogP contribution is 2.12. The van der Waals surface area contributed by atoms with Crippen LogP contribution in [-0.4, -0.2) is 30.4 Å². The molecule has 7 heteroatoms. The van der Waals surface area contributed by atoms with E-state index in [4.69, 9.17) is 22.1 Å². The van der Waals surface area contributed by atoms with Gasteiger partial charge in [-0.2, -0.15) is 0 Å². The molecule has 0 saturated carbocycles. The molecule has 0 heterocycles. The Balaban J connectivity index is 2.63. The van der Waals surface area contributed by atoms with Crippen LogP contribution in [0.1, 0.15) is 30.6 Å². The zero-order valence-corrected chi connectivity index (χ0v) is 13.2. The van der Waals surface area contributed by atoms with E-state index in [0.717, 1.165) is 0 Å². The smallest absolute Gasteiger partial charge is 0.329 e. The van der Waals surface area contributed by atoms with Crippen molar-refractivity contribution in [1.82, 2.24) is 5.32 Å². The van der Waals surface area contributed by atoms with Crippen molar-refractivity contribution in [3.05, 3.63) is 34.9 Å². The van der Waals surface area contributed by atoms with Crippen LogP contribution in [0.15, 0.2) is 24.3 Å². The van der Waals surface area contributed by atoms with Gasteiger partial charge in [-0.15, -0.1) is 0 Å². The average Bonchev–Trinajstić information content (AvgIpc) is 2.49. The van der Waals surface area contributed by atoms with E-state index in [1.165, 1.54) is 0 Å². The molecule has 22 heavy (non-hydrogen) atoms. The summed E-state index contributed by atoms with van der Waals surface area (Å²) < 4.78 is 4.98. The highest BCUT2D eigenvalue weighted by molar-refractivity contribution is 6.30. The minimum atomic E-state index is -0.875. The maximum atomic E-state index is 12.0. The van der Waals surface area contributed by atoms with Crippen molar-refractivity contribution in [3.8, 4) is 0 Å². The SMILES string of the molecule is CCC(C)C(NC(N)=O)C(=O)OCC(=O)c1ccc(Cl)cc1. The first-order valence-electron chi connectivity index (χ1n) is 6.86. The fourth-order valence-electron chi connectivity index (χ4n) is 1.77. The summed E-state index contributed by atoms with van der Waals surface area (Å²) >= 11 is 5.74. The largest absolute Gasteiger partial charge is 0.456 e. The van der Waals surface area contributed by atoms with Crippen LogP contribution in [0.25, 0.3) is 0 Å². The van der Waals surface area contributed by atoms with Crippen molar-refractivity contribution >= 4 is 29.4 Å². The fraction of sp³-hybridized carbons (Fsp3) is 0.400. The van der Waals surface area contributed by atoms with Crippen molar-refractivity contribution in [3.63, 3.8) is 0 Å². The zero-order valence-electron chi connectivity index (χ0n) is 12.5. The van der Waals surface area contributed by atoms with Gasteiger partial charge in [0.1, 0.15) is 6.04 Å². The highest BCUT2D eigenvalue weighted by atomic mass is 35.5. The van der Waals surface area contributed by atoms with Gasteiger partial charge in [-0.25, -0.2) is 9.59 Å². The maximum absolute atomic E-state index is 12.0. The van der Waals surface area contributed by atoms with E-state index in [2.05, 4.69) is 5.32 Å². The second kappa shape index (κ2) is 8.38. The van der Waals surface area contributed by atoms with Gasteiger partial charge in [0.05, 0.1) is 0 Å². The second-order valence-electron chi connectivity index (χ2n) is 4.91. The molecule has 0 saturated heterocycles. The Morgan fingerprint density at radius 1 is 1.27 bits per heavy atom. The standard InChI is InChI=1S/C15H19ClN2O4/c1-3-9(2)13(18-15(17)21)14(20)22-8-12(19)10-4-6-11(16)7-5-10/h4-7,9,13H,3,8H2,1-2H3,(H3,17,18,21). The van der Waals surface area contributed by atoms with E-state index in [9.17, 15) is 14.4 Å². The Kier molecular flexibility index (Phi) is 6.85. The lowest BCUT2D eigenvalue weighted by Gasteiger charge is -2.21. The van der Waals surface area contributed by atoms with Crippen LogP contribution in [0.4, 0.5) is 4.79 Å². The molecule has 2 amide bonds. The van der Waals surface area contributed by atoms with Gasteiger partial charge in [-0.05, 0) is 30.2 Å². The Morgan fingerprint density at radius 3 is 2.36 bits per heavy atom. The van der Waals surface area contributed by atoms with E-state index >= 15 is 0 Å². The third-order valence-corrected chi connectivity index (χ3v) is 3.53. The molecule has 0 radical (unpaired) electrons. The van der Waals surface area contributed by atoms with E-state index in [1.807, 2.05) is 6.92 Å². The van der Waals surface area contributed by atoms with Crippen LogP contribution in [0, 0.1) is 5.92 Å². The highest BCUT2D eigenvalue weighted by Gasteiger charge is 2.27. The van der Waals surface area contributed by atoms with Crippen LogP contribution >= 0.6 is 11.6 Å². The van der Waals surface area contributed by atoms with Crippen LogP contribution in [-0.2, 0) is 9.53 Å². The molecule has 0 aliphatic rings. The summed E-state index contributed by atoms with van der Waals surface area (Å²) in [6, 6.07) is 4.56. The number of urea groups is 1. The number of hydrogen-bond donors (Lipinski definition) is 2. The number of ether oxygens (including phenoxy) is 1. The number of esters is 1. The first-order chi connectivity index (χ1) is 10.3. The summed E-state index contributed by atoms with van der Waals surface area (Å²) in [4.78, 5) is 34.9. The molecule has 2 atom stereocenters. The van der Waals surface area contributed by atoms with Crippen LogP contribution < -0.4 is 11.1 Å². The summed E-state index contributed by atoms with van der Waals surface area (Å²) in [6.45, 7) is 3.24. The van der Waals surface area contributed by atoms with Crippen molar-refractivity contribution in [2.24, 2.45) is 11.7 Å². The van der Waals surface area contributed by atoms with Gasteiger partial charge in [0.25, 0.3) is 0 Å². The van der Waals surface area contributed by atoms with Crippen molar-refractivity contribution in [2.75, 3.05) is 6.61 Å². The van der Waals surface area contributed by atoms with E-state index in [1.54, 1.807) is 31.2 Å². The second-order valence-corrected chi connectivity index (χ2v) is 5.35. The molecule has 120 valence electrons. The molecule has 1 aromatic carbocycles. The maximum Gasteiger partial charge on any atom is 0.329 e. The van der Waals surface area contributed by atoms with Crippen molar-refractivity contribution in [1.29, 1.82) is 0 Å². The summed E-state index contributed by atoms with van der Waals surface area (Å²) in [5.41, 5.74) is 5.44. The third-order valence-electron chi connectivity index (χ3n) is 3.28. The number of halogens is 1. The lowest BCUT2D eigenvalue weighted by Crippen LogP contribution is -2.48.